The molecule has 0 bridgehead atoms. The largest absolute Gasteiger partial charge is 0.480 e. The molecule has 0 spiro atoms. The SMILES string of the molecule is CCOC(=O)[C@H](CCc1ccccc1)N(O)[C@@H](C)C(=O)N1[C@H](OO)c2ccccc2C[C@H]1C(=O)O. The molecule has 4 atom stereocenters. The smallest absolute Gasteiger partial charge is 0.326 e. The quantitative estimate of drug-likeness (QED) is 0.263. The number of ether oxygens (including phenoxy) is 1. The van der Waals surface area contributed by atoms with Crippen molar-refractivity contribution >= 4 is 17.8 Å². The molecule has 10 nitrogen and oxygen atoms in total. The maximum atomic E-state index is 13.5. The van der Waals surface area contributed by atoms with Gasteiger partial charge in [-0.05, 0) is 37.8 Å². The summed E-state index contributed by atoms with van der Waals surface area (Å²) < 4.78 is 5.11. The Hall–Kier alpha value is -3.31. The van der Waals surface area contributed by atoms with E-state index in [-0.39, 0.29) is 19.4 Å². The summed E-state index contributed by atoms with van der Waals surface area (Å²) in [5.74, 6) is -2.83. The van der Waals surface area contributed by atoms with Crippen molar-refractivity contribution in [1.82, 2.24) is 9.96 Å². The maximum absolute atomic E-state index is 13.5. The molecule has 2 aromatic rings. The molecule has 0 aromatic heterocycles. The van der Waals surface area contributed by atoms with E-state index in [1.165, 1.54) is 6.92 Å². The van der Waals surface area contributed by atoms with Crippen molar-refractivity contribution in [2.24, 2.45) is 0 Å². The number of carbonyl (C=O) groups is 3. The maximum Gasteiger partial charge on any atom is 0.326 e. The molecule has 2 aromatic carbocycles. The average molecular weight is 487 g/mol. The molecule has 0 aliphatic carbocycles. The first kappa shape index (κ1) is 26.3. The van der Waals surface area contributed by atoms with Gasteiger partial charge in [-0.2, -0.15) is 5.06 Å². The van der Waals surface area contributed by atoms with Crippen LogP contribution in [-0.2, 0) is 36.8 Å². The number of carboxylic acid groups (broad SMARTS) is 1. The topological polar surface area (TPSA) is 137 Å². The van der Waals surface area contributed by atoms with E-state index in [2.05, 4.69) is 4.89 Å². The summed E-state index contributed by atoms with van der Waals surface area (Å²) in [5, 5.41) is 31.0. The second kappa shape index (κ2) is 11.9. The highest BCUT2D eigenvalue weighted by molar-refractivity contribution is 5.88. The summed E-state index contributed by atoms with van der Waals surface area (Å²) >= 11 is 0. The number of amides is 1. The second-order valence-corrected chi connectivity index (χ2v) is 8.31. The normalized spacial score (nSPS) is 19.1. The van der Waals surface area contributed by atoms with Crippen LogP contribution in [0.5, 0.6) is 0 Å². The van der Waals surface area contributed by atoms with Crippen LogP contribution in [0.25, 0.3) is 0 Å². The molecule has 0 saturated carbocycles. The zero-order valence-corrected chi connectivity index (χ0v) is 19.6. The minimum absolute atomic E-state index is 0.00936. The van der Waals surface area contributed by atoms with Crippen molar-refractivity contribution in [3.8, 4) is 0 Å². The van der Waals surface area contributed by atoms with Crippen molar-refractivity contribution in [3.63, 3.8) is 0 Å². The molecular weight excluding hydrogens is 456 g/mol. The highest BCUT2D eigenvalue weighted by Crippen LogP contribution is 2.34. The van der Waals surface area contributed by atoms with Crippen LogP contribution in [0.3, 0.4) is 0 Å². The van der Waals surface area contributed by atoms with Crippen LogP contribution in [0.15, 0.2) is 54.6 Å². The number of hydrogen-bond acceptors (Lipinski definition) is 8. The van der Waals surface area contributed by atoms with E-state index in [0.717, 1.165) is 10.5 Å². The molecule has 3 N–H and O–H groups in total. The summed E-state index contributed by atoms with van der Waals surface area (Å²) in [7, 11) is 0. The van der Waals surface area contributed by atoms with Crippen molar-refractivity contribution in [2.75, 3.05) is 6.61 Å². The van der Waals surface area contributed by atoms with E-state index in [1.807, 2.05) is 30.3 Å². The van der Waals surface area contributed by atoms with Crippen LogP contribution < -0.4 is 0 Å². The lowest BCUT2D eigenvalue weighted by Gasteiger charge is -2.41. The third-order valence-electron chi connectivity index (χ3n) is 6.14. The van der Waals surface area contributed by atoms with Gasteiger partial charge in [-0.25, -0.2) is 14.9 Å². The van der Waals surface area contributed by atoms with Crippen LogP contribution in [-0.4, -0.2) is 68.1 Å². The van der Waals surface area contributed by atoms with Crippen molar-refractivity contribution in [1.29, 1.82) is 0 Å². The van der Waals surface area contributed by atoms with Gasteiger partial charge in [-0.1, -0.05) is 54.6 Å². The molecule has 0 radical (unpaired) electrons. The molecule has 1 aliphatic rings. The molecule has 188 valence electrons. The number of hydroxylamine groups is 2. The molecular formula is C25H30N2O8. The lowest BCUT2D eigenvalue weighted by atomic mass is 9.92. The number of rotatable bonds is 10. The van der Waals surface area contributed by atoms with E-state index >= 15 is 0 Å². The minimum Gasteiger partial charge on any atom is -0.480 e. The Morgan fingerprint density at radius 2 is 1.77 bits per heavy atom. The molecule has 3 rings (SSSR count). The predicted molar refractivity (Wildman–Crippen MR) is 123 cm³/mol. The molecule has 1 heterocycles. The molecule has 35 heavy (non-hydrogen) atoms. The number of aliphatic carboxylic acids is 1. The summed E-state index contributed by atoms with van der Waals surface area (Å²) in [4.78, 5) is 43.7. The van der Waals surface area contributed by atoms with E-state index < -0.39 is 42.2 Å². The Balaban J connectivity index is 1.87. The van der Waals surface area contributed by atoms with Crippen LogP contribution in [0.4, 0.5) is 0 Å². The lowest BCUT2D eigenvalue weighted by molar-refractivity contribution is -0.320. The Morgan fingerprint density at radius 1 is 1.11 bits per heavy atom. The third kappa shape index (κ3) is 5.85. The van der Waals surface area contributed by atoms with Gasteiger partial charge in [0.1, 0.15) is 18.1 Å². The van der Waals surface area contributed by atoms with Crippen LogP contribution >= 0.6 is 0 Å². The first-order valence-electron chi connectivity index (χ1n) is 11.4. The number of carbonyl (C=O) groups excluding carboxylic acids is 2. The Morgan fingerprint density at radius 3 is 2.40 bits per heavy atom. The number of fused-ring (bicyclic) bond motifs is 1. The van der Waals surface area contributed by atoms with Gasteiger partial charge in [0, 0.05) is 12.0 Å². The van der Waals surface area contributed by atoms with E-state index in [0.29, 0.717) is 22.6 Å². The minimum atomic E-state index is -1.39. The zero-order chi connectivity index (χ0) is 25.5. The van der Waals surface area contributed by atoms with Crippen molar-refractivity contribution < 1.29 is 39.6 Å². The number of aryl methyl sites for hydroxylation is 1. The number of hydrogen-bond donors (Lipinski definition) is 3. The Kier molecular flexibility index (Phi) is 8.94. The lowest BCUT2D eigenvalue weighted by Crippen LogP contribution is -2.58. The fourth-order valence-electron chi connectivity index (χ4n) is 4.31. The first-order chi connectivity index (χ1) is 16.8. The zero-order valence-electron chi connectivity index (χ0n) is 19.6. The van der Waals surface area contributed by atoms with Gasteiger partial charge in [0.15, 0.2) is 6.23 Å². The van der Waals surface area contributed by atoms with Gasteiger partial charge in [0.2, 0.25) is 5.91 Å². The molecule has 0 saturated heterocycles. The highest BCUT2D eigenvalue weighted by atomic mass is 17.1. The summed E-state index contributed by atoms with van der Waals surface area (Å²) in [6, 6.07) is 12.2. The first-order valence-corrected chi connectivity index (χ1v) is 11.4. The molecule has 10 heteroatoms. The molecule has 0 unspecified atom stereocenters. The van der Waals surface area contributed by atoms with Crippen molar-refractivity contribution in [2.45, 2.75) is 57.5 Å². The number of nitrogens with zero attached hydrogens (tertiary/aromatic N) is 2. The number of carboxylic acids is 1. The van der Waals surface area contributed by atoms with Gasteiger partial charge in [-0.3, -0.25) is 14.5 Å². The summed E-state index contributed by atoms with van der Waals surface area (Å²) in [5.41, 5.74) is 1.98. The number of esters is 1. The van der Waals surface area contributed by atoms with Gasteiger partial charge in [0.25, 0.3) is 0 Å². The third-order valence-corrected chi connectivity index (χ3v) is 6.14. The van der Waals surface area contributed by atoms with Crippen LogP contribution in [0, 0.1) is 0 Å². The van der Waals surface area contributed by atoms with Gasteiger partial charge >= 0.3 is 11.9 Å². The van der Waals surface area contributed by atoms with Gasteiger partial charge in [0.05, 0.1) is 6.61 Å². The number of benzene rings is 2. The van der Waals surface area contributed by atoms with Gasteiger partial charge < -0.3 is 15.1 Å². The second-order valence-electron chi connectivity index (χ2n) is 8.31. The monoisotopic (exact) mass is 486 g/mol. The van der Waals surface area contributed by atoms with Crippen molar-refractivity contribution in [3.05, 3.63) is 71.3 Å². The summed E-state index contributed by atoms with van der Waals surface area (Å²) in [6.45, 7) is 3.07. The van der Waals surface area contributed by atoms with E-state index in [9.17, 15) is 30.0 Å². The predicted octanol–water partition coefficient (Wildman–Crippen LogP) is 2.66. The van der Waals surface area contributed by atoms with Gasteiger partial charge in [-0.15, -0.1) is 0 Å². The van der Waals surface area contributed by atoms with E-state index in [4.69, 9.17) is 4.74 Å². The van der Waals surface area contributed by atoms with E-state index in [1.54, 1.807) is 31.2 Å². The Bertz CT molecular complexity index is 1030. The fraction of sp³-hybridized carbons (Fsp3) is 0.400. The Labute approximate surface area is 203 Å². The fourth-order valence-corrected chi connectivity index (χ4v) is 4.31. The highest BCUT2D eigenvalue weighted by Gasteiger charge is 2.45. The molecule has 0 fully saturated rings. The van der Waals surface area contributed by atoms with Crippen LogP contribution in [0.2, 0.25) is 0 Å². The standard InChI is InChI=1S/C25H30N2O8/c1-3-34-25(31)20(14-13-17-9-5-4-6-10-17)27(32)16(2)22(28)26-21(24(29)30)15-18-11-7-8-12-19(18)23(26)35-33/h4-12,16,20-21,23,32-33H,3,13-15H2,1-2H3,(H,29,30)/t16-,20-,21-,23+/m0/s1. The molecule has 1 aliphatic heterocycles. The molecule has 1 amide bonds. The average Bonchev–Trinajstić information content (AvgIpc) is 2.87. The van der Waals surface area contributed by atoms with Crippen LogP contribution in [0.1, 0.15) is 43.2 Å². The summed E-state index contributed by atoms with van der Waals surface area (Å²) in [6.07, 6.45) is -0.818.